The van der Waals surface area contributed by atoms with E-state index in [1.165, 1.54) is 0 Å². The largest absolute Gasteiger partial charge is 0.354 e. The average molecular weight is 288 g/mol. The number of carbonyl (C=O) groups excluding carboxylic acids is 2. The van der Waals surface area contributed by atoms with Crippen molar-refractivity contribution in [3.05, 3.63) is 30.0 Å². The lowest BCUT2D eigenvalue weighted by Gasteiger charge is -2.14. The fourth-order valence-corrected chi connectivity index (χ4v) is 1.92. The number of hydrogen-bond donors (Lipinski definition) is 3. The highest BCUT2D eigenvalue weighted by molar-refractivity contribution is 6.05. The van der Waals surface area contributed by atoms with E-state index in [2.05, 4.69) is 20.8 Å². The zero-order valence-electron chi connectivity index (χ0n) is 12.4. The van der Waals surface area contributed by atoms with Gasteiger partial charge in [-0.2, -0.15) is 5.10 Å². The maximum Gasteiger partial charge on any atom is 0.273 e. The highest BCUT2D eigenvalue weighted by Gasteiger charge is 2.19. The van der Waals surface area contributed by atoms with Crippen LogP contribution in [0.3, 0.4) is 0 Å². The Morgan fingerprint density at radius 1 is 1.24 bits per heavy atom. The third-order valence-electron chi connectivity index (χ3n) is 3.11. The molecule has 0 aliphatic rings. The lowest BCUT2D eigenvalue weighted by Crippen LogP contribution is -2.45. The second-order valence-corrected chi connectivity index (χ2v) is 5.45. The smallest absolute Gasteiger partial charge is 0.273 e. The van der Waals surface area contributed by atoms with Crippen molar-refractivity contribution in [1.29, 1.82) is 0 Å². The van der Waals surface area contributed by atoms with Gasteiger partial charge in [-0.3, -0.25) is 14.7 Å². The molecule has 2 aromatic rings. The van der Waals surface area contributed by atoms with E-state index in [9.17, 15) is 9.59 Å². The Hall–Kier alpha value is -2.37. The number of rotatable bonds is 5. The van der Waals surface area contributed by atoms with E-state index in [0.29, 0.717) is 18.2 Å². The van der Waals surface area contributed by atoms with Gasteiger partial charge in [0.2, 0.25) is 5.91 Å². The number of benzene rings is 1. The molecular weight excluding hydrogens is 268 g/mol. The molecule has 1 aromatic heterocycles. The summed E-state index contributed by atoms with van der Waals surface area (Å²) in [5.74, 6) is -0.191. The average Bonchev–Trinajstić information content (AvgIpc) is 2.88. The molecule has 2 rings (SSSR count). The monoisotopic (exact) mass is 288 g/mol. The van der Waals surface area contributed by atoms with Crippen molar-refractivity contribution in [2.24, 2.45) is 5.92 Å². The normalized spacial score (nSPS) is 12.4. The minimum atomic E-state index is -0.605. The van der Waals surface area contributed by atoms with Gasteiger partial charge in [-0.05, 0) is 18.9 Å². The molecule has 1 unspecified atom stereocenters. The molecule has 1 aromatic carbocycles. The lowest BCUT2D eigenvalue weighted by atomic mass is 10.2. The summed E-state index contributed by atoms with van der Waals surface area (Å²) < 4.78 is 0. The van der Waals surface area contributed by atoms with Crippen molar-refractivity contribution in [3.63, 3.8) is 0 Å². The molecule has 21 heavy (non-hydrogen) atoms. The van der Waals surface area contributed by atoms with Crippen LogP contribution in [-0.2, 0) is 4.79 Å². The van der Waals surface area contributed by atoms with Crippen LogP contribution in [0.25, 0.3) is 10.9 Å². The first-order valence-corrected chi connectivity index (χ1v) is 7.00. The number of amides is 2. The SMILES string of the molecule is CC(C)CNC(=O)C(C)NC(=O)c1n[nH]c2ccccc12. The Bertz CT molecular complexity index is 648. The number of nitrogens with one attached hydrogen (secondary N) is 3. The van der Waals surface area contributed by atoms with Gasteiger partial charge < -0.3 is 10.6 Å². The molecule has 0 spiro atoms. The van der Waals surface area contributed by atoms with E-state index < -0.39 is 6.04 Å². The molecule has 0 saturated carbocycles. The Morgan fingerprint density at radius 3 is 2.67 bits per heavy atom. The third kappa shape index (κ3) is 3.59. The molecule has 3 N–H and O–H groups in total. The molecule has 0 aliphatic heterocycles. The highest BCUT2D eigenvalue weighted by atomic mass is 16.2. The van der Waals surface area contributed by atoms with E-state index in [1.807, 2.05) is 38.1 Å². The van der Waals surface area contributed by atoms with Gasteiger partial charge in [0, 0.05) is 11.9 Å². The summed E-state index contributed by atoms with van der Waals surface area (Å²) in [5.41, 5.74) is 1.09. The standard InChI is InChI=1S/C15H20N4O2/c1-9(2)8-16-14(20)10(3)17-15(21)13-11-6-4-5-7-12(11)18-19-13/h4-7,9-10H,8H2,1-3H3,(H,16,20)(H,17,21)(H,18,19). The summed E-state index contributed by atoms with van der Waals surface area (Å²) >= 11 is 0. The first-order valence-electron chi connectivity index (χ1n) is 7.00. The first-order chi connectivity index (χ1) is 9.99. The van der Waals surface area contributed by atoms with Crippen molar-refractivity contribution in [3.8, 4) is 0 Å². The van der Waals surface area contributed by atoms with Crippen LogP contribution in [0.1, 0.15) is 31.3 Å². The summed E-state index contributed by atoms with van der Waals surface area (Å²) in [5, 5.41) is 13.0. The van der Waals surface area contributed by atoms with Crippen LogP contribution in [0.15, 0.2) is 24.3 Å². The summed E-state index contributed by atoms with van der Waals surface area (Å²) in [4.78, 5) is 24.1. The molecule has 0 radical (unpaired) electrons. The second kappa shape index (κ2) is 6.39. The van der Waals surface area contributed by atoms with Crippen LogP contribution in [0.4, 0.5) is 0 Å². The topological polar surface area (TPSA) is 86.9 Å². The van der Waals surface area contributed by atoms with Crippen molar-refractivity contribution < 1.29 is 9.59 Å². The summed E-state index contributed by atoms with van der Waals surface area (Å²) in [6, 6.07) is 6.76. The zero-order chi connectivity index (χ0) is 15.4. The van der Waals surface area contributed by atoms with Crippen LogP contribution >= 0.6 is 0 Å². The maximum absolute atomic E-state index is 12.2. The van der Waals surface area contributed by atoms with E-state index in [1.54, 1.807) is 6.92 Å². The van der Waals surface area contributed by atoms with Crippen LogP contribution < -0.4 is 10.6 Å². The Labute approximate surface area is 123 Å². The lowest BCUT2D eigenvalue weighted by molar-refractivity contribution is -0.122. The molecule has 1 heterocycles. The van der Waals surface area contributed by atoms with E-state index in [4.69, 9.17) is 0 Å². The van der Waals surface area contributed by atoms with Crippen molar-refractivity contribution in [2.75, 3.05) is 6.54 Å². The molecule has 6 heteroatoms. The van der Waals surface area contributed by atoms with Crippen molar-refractivity contribution >= 4 is 22.7 Å². The van der Waals surface area contributed by atoms with Gasteiger partial charge in [0.15, 0.2) is 5.69 Å². The summed E-state index contributed by atoms with van der Waals surface area (Å²) in [6.45, 7) is 6.27. The predicted molar refractivity (Wildman–Crippen MR) is 80.9 cm³/mol. The number of H-pyrrole nitrogens is 1. The Morgan fingerprint density at radius 2 is 1.95 bits per heavy atom. The number of hydrogen-bond acceptors (Lipinski definition) is 3. The molecule has 0 fully saturated rings. The second-order valence-electron chi connectivity index (χ2n) is 5.45. The molecule has 112 valence electrons. The number of aromatic nitrogens is 2. The molecule has 0 saturated heterocycles. The predicted octanol–water partition coefficient (Wildman–Crippen LogP) is 1.45. The summed E-state index contributed by atoms with van der Waals surface area (Å²) in [7, 11) is 0. The summed E-state index contributed by atoms with van der Waals surface area (Å²) in [6.07, 6.45) is 0. The molecule has 0 aliphatic carbocycles. The van der Waals surface area contributed by atoms with Gasteiger partial charge in [-0.15, -0.1) is 0 Å². The number of nitrogens with zero attached hydrogens (tertiary/aromatic N) is 1. The van der Waals surface area contributed by atoms with Gasteiger partial charge in [0.25, 0.3) is 5.91 Å². The Kier molecular flexibility index (Phi) is 4.57. The zero-order valence-corrected chi connectivity index (χ0v) is 12.4. The van der Waals surface area contributed by atoms with Crippen LogP contribution in [0.5, 0.6) is 0 Å². The van der Waals surface area contributed by atoms with E-state index >= 15 is 0 Å². The van der Waals surface area contributed by atoms with Crippen LogP contribution in [0.2, 0.25) is 0 Å². The van der Waals surface area contributed by atoms with Gasteiger partial charge in [0.1, 0.15) is 6.04 Å². The minimum absolute atomic E-state index is 0.197. The van der Waals surface area contributed by atoms with Crippen LogP contribution in [-0.4, -0.2) is 34.6 Å². The quantitative estimate of drug-likeness (QED) is 0.778. The fraction of sp³-hybridized carbons (Fsp3) is 0.400. The van der Waals surface area contributed by atoms with Gasteiger partial charge >= 0.3 is 0 Å². The maximum atomic E-state index is 12.2. The Balaban J connectivity index is 2.02. The number of aromatic amines is 1. The number of para-hydroxylation sites is 1. The minimum Gasteiger partial charge on any atom is -0.354 e. The number of fused-ring (bicyclic) bond motifs is 1. The van der Waals surface area contributed by atoms with E-state index in [-0.39, 0.29) is 11.8 Å². The first kappa shape index (κ1) is 15.0. The molecular formula is C15H20N4O2. The molecule has 6 nitrogen and oxygen atoms in total. The van der Waals surface area contributed by atoms with Gasteiger partial charge in [-0.25, -0.2) is 0 Å². The highest BCUT2D eigenvalue weighted by Crippen LogP contribution is 2.14. The fourth-order valence-electron chi connectivity index (χ4n) is 1.92. The van der Waals surface area contributed by atoms with Gasteiger partial charge in [0.05, 0.1) is 5.52 Å². The van der Waals surface area contributed by atoms with Crippen LogP contribution in [0, 0.1) is 5.92 Å². The molecule has 1 atom stereocenters. The molecule has 0 bridgehead atoms. The van der Waals surface area contributed by atoms with Crippen molar-refractivity contribution in [2.45, 2.75) is 26.8 Å². The molecule has 2 amide bonds. The van der Waals surface area contributed by atoms with Crippen molar-refractivity contribution in [1.82, 2.24) is 20.8 Å². The third-order valence-corrected chi connectivity index (χ3v) is 3.11. The van der Waals surface area contributed by atoms with E-state index in [0.717, 1.165) is 10.9 Å². The number of carbonyl (C=O) groups is 2. The van der Waals surface area contributed by atoms with Gasteiger partial charge in [-0.1, -0.05) is 32.0 Å².